The fourth-order valence-corrected chi connectivity index (χ4v) is 1.21. The molecule has 1 aromatic carbocycles. The molecule has 2 rings (SSSR count). The van der Waals surface area contributed by atoms with Crippen molar-refractivity contribution in [3.8, 4) is 11.5 Å². The van der Waals surface area contributed by atoms with E-state index in [1.807, 2.05) is 0 Å². The Bertz CT molecular complexity index is 465. The third-order valence-corrected chi connectivity index (χ3v) is 1.95. The highest BCUT2D eigenvalue weighted by atomic mass is 16.6. The summed E-state index contributed by atoms with van der Waals surface area (Å²) in [5.74, 6) is 0.110. The van der Waals surface area contributed by atoms with Crippen molar-refractivity contribution in [1.29, 1.82) is 0 Å². The van der Waals surface area contributed by atoms with E-state index >= 15 is 0 Å². The summed E-state index contributed by atoms with van der Waals surface area (Å²) in [7, 11) is 1.38. The van der Waals surface area contributed by atoms with Gasteiger partial charge in [-0.3, -0.25) is 9.63 Å². The second-order valence-corrected chi connectivity index (χ2v) is 2.96. The highest BCUT2D eigenvalue weighted by Gasteiger charge is 2.07. The topological polar surface area (TPSA) is 77.2 Å². The van der Waals surface area contributed by atoms with E-state index in [0.717, 1.165) is 5.56 Å². The van der Waals surface area contributed by atoms with Gasteiger partial charge in [-0.05, 0) is 24.3 Å². The number of amides is 1. The van der Waals surface area contributed by atoms with Gasteiger partial charge in [0.2, 0.25) is 12.3 Å². The summed E-state index contributed by atoms with van der Waals surface area (Å²) in [6.07, 6.45) is 1.25. The van der Waals surface area contributed by atoms with Crippen molar-refractivity contribution in [3.63, 3.8) is 0 Å². The van der Waals surface area contributed by atoms with Crippen LogP contribution in [0.15, 0.2) is 35.1 Å². The standard InChI is InChI=1S/C10H9N3O3/c1-15-13-9(14)7-2-4-8(5-3-7)10-12-11-6-16-10/h2-6H,1H3,(H,13,14). The molecule has 0 radical (unpaired) electrons. The van der Waals surface area contributed by atoms with Crippen LogP contribution < -0.4 is 5.48 Å². The monoisotopic (exact) mass is 219 g/mol. The maximum absolute atomic E-state index is 11.4. The van der Waals surface area contributed by atoms with Crippen molar-refractivity contribution in [1.82, 2.24) is 15.7 Å². The minimum absolute atomic E-state index is 0.306. The van der Waals surface area contributed by atoms with Crippen LogP contribution >= 0.6 is 0 Å². The molecule has 0 fully saturated rings. The van der Waals surface area contributed by atoms with E-state index in [9.17, 15) is 4.79 Å². The van der Waals surface area contributed by atoms with E-state index in [2.05, 4.69) is 20.5 Å². The predicted molar refractivity (Wildman–Crippen MR) is 54.2 cm³/mol. The van der Waals surface area contributed by atoms with Gasteiger partial charge in [0.25, 0.3) is 5.91 Å². The highest BCUT2D eigenvalue weighted by molar-refractivity contribution is 5.93. The Kier molecular flexibility index (Phi) is 2.93. The van der Waals surface area contributed by atoms with E-state index in [4.69, 9.17) is 4.42 Å². The van der Waals surface area contributed by atoms with Crippen LogP contribution in [0.3, 0.4) is 0 Å². The van der Waals surface area contributed by atoms with Crippen molar-refractivity contribution >= 4 is 5.91 Å². The molecule has 1 N–H and O–H groups in total. The molecule has 82 valence electrons. The van der Waals surface area contributed by atoms with E-state index in [-0.39, 0.29) is 5.91 Å². The summed E-state index contributed by atoms with van der Waals surface area (Å²) < 4.78 is 5.02. The quantitative estimate of drug-likeness (QED) is 0.780. The van der Waals surface area contributed by atoms with Crippen molar-refractivity contribution in [2.75, 3.05) is 7.11 Å². The van der Waals surface area contributed by atoms with Crippen LogP contribution in [0.1, 0.15) is 10.4 Å². The zero-order valence-corrected chi connectivity index (χ0v) is 8.51. The van der Waals surface area contributed by atoms with Crippen LogP contribution in [0.4, 0.5) is 0 Å². The van der Waals surface area contributed by atoms with E-state index < -0.39 is 0 Å². The average Bonchev–Trinajstić information content (AvgIpc) is 2.83. The second-order valence-electron chi connectivity index (χ2n) is 2.96. The van der Waals surface area contributed by atoms with Gasteiger partial charge in [0.05, 0.1) is 7.11 Å². The molecule has 0 saturated carbocycles. The zero-order valence-electron chi connectivity index (χ0n) is 8.51. The Morgan fingerprint density at radius 3 is 2.69 bits per heavy atom. The molecule has 1 heterocycles. The summed E-state index contributed by atoms with van der Waals surface area (Å²) in [6.45, 7) is 0. The molecule has 0 atom stereocenters. The minimum Gasteiger partial charge on any atom is -0.423 e. The number of rotatable bonds is 3. The minimum atomic E-state index is -0.306. The number of hydrogen-bond donors (Lipinski definition) is 1. The lowest BCUT2D eigenvalue weighted by atomic mass is 10.1. The molecule has 0 bridgehead atoms. The van der Waals surface area contributed by atoms with Gasteiger partial charge in [-0.25, -0.2) is 5.48 Å². The summed E-state index contributed by atoms with van der Waals surface area (Å²) in [5.41, 5.74) is 3.47. The Hall–Kier alpha value is -2.21. The fraction of sp³-hybridized carbons (Fsp3) is 0.100. The lowest BCUT2D eigenvalue weighted by Gasteiger charge is -2.01. The van der Waals surface area contributed by atoms with Crippen LogP contribution in [0.25, 0.3) is 11.5 Å². The Morgan fingerprint density at radius 2 is 2.12 bits per heavy atom. The van der Waals surface area contributed by atoms with E-state index in [1.54, 1.807) is 24.3 Å². The second kappa shape index (κ2) is 4.54. The molecule has 0 unspecified atom stereocenters. The van der Waals surface area contributed by atoms with E-state index in [1.165, 1.54) is 13.5 Å². The van der Waals surface area contributed by atoms with Gasteiger partial charge in [-0.15, -0.1) is 10.2 Å². The summed E-state index contributed by atoms with van der Waals surface area (Å²) in [5, 5.41) is 7.33. The zero-order chi connectivity index (χ0) is 11.4. The molecule has 6 nitrogen and oxygen atoms in total. The molecule has 0 saturated heterocycles. The largest absolute Gasteiger partial charge is 0.423 e. The number of hydrogen-bond acceptors (Lipinski definition) is 5. The van der Waals surface area contributed by atoms with Gasteiger partial charge >= 0.3 is 0 Å². The summed E-state index contributed by atoms with van der Waals surface area (Å²) in [6, 6.07) is 6.73. The molecule has 1 aromatic heterocycles. The first-order valence-corrected chi connectivity index (χ1v) is 4.51. The van der Waals surface area contributed by atoms with Gasteiger partial charge in [0.1, 0.15) is 0 Å². The lowest BCUT2D eigenvalue weighted by Crippen LogP contribution is -2.21. The van der Waals surface area contributed by atoms with E-state index in [0.29, 0.717) is 11.5 Å². The maximum atomic E-state index is 11.4. The third-order valence-electron chi connectivity index (χ3n) is 1.95. The first-order chi connectivity index (χ1) is 7.81. The molecular weight excluding hydrogens is 210 g/mol. The lowest BCUT2D eigenvalue weighted by molar-refractivity contribution is 0.0537. The van der Waals surface area contributed by atoms with Gasteiger partial charge in [-0.2, -0.15) is 0 Å². The molecule has 6 heteroatoms. The van der Waals surface area contributed by atoms with Crippen molar-refractivity contribution < 1.29 is 14.0 Å². The van der Waals surface area contributed by atoms with Gasteiger partial charge in [-0.1, -0.05) is 0 Å². The number of carbonyl (C=O) groups excluding carboxylic acids is 1. The SMILES string of the molecule is CONC(=O)c1ccc(-c2nnco2)cc1. The van der Waals surface area contributed by atoms with Gasteiger partial charge < -0.3 is 4.42 Å². The molecule has 0 aliphatic carbocycles. The molecule has 0 aliphatic heterocycles. The van der Waals surface area contributed by atoms with Crippen LogP contribution in [-0.4, -0.2) is 23.2 Å². The average molecular weight is 219 g/mol. The Labute approximate surface area is 91.2 Å². The molecule has 1 amide bonds. The highest BCUT2D eigenvalue weighted by Crippen LogP contribution is 2.16. The number of nitrogens with one attached hydrogen (secondary N) is 1. The van der Waals surface area contributed by atoms with Crippen molar-refractivity contribution in [3.05, 3.63) is 36.2 Å². The van der Waals surface area contributed by atoms with Crippen LogP contribution in [0, 0.1) is 0 Å². The Balaban J connectivity index is 2.20. The fourth-order valence-electron chi connectivity index (χ4n) is 1.21. The van der Waals surface area contributed by atoms with Crippen molar-refractivity contribution in [2.24, 2.45) is 0 Å². The summed E-state index contributed by atoms with van der Waals surface area (Å²) in [4.78, 5) is 15.9. The van der Waals surface area contributed by atoms with Crippen molar-refractivity contribution in [2.45, 2.75) is 0 Å². The molecular formula is C10H9N3O3. The smallest absolute Gasteiger partial charge is 0.274 e. The number of carbonyl (C=O) groups is 1. The number of nitrogens with zero attached hydrogens (tertiary/aromatic N) is 2. The first kappa shape index (κ1) is 10.3. The number of benzene rings is 1. The Morgan fingerprint density at radius 1 is 1.38 bits per heavy atom. The normalized spacial score (nSPS) is 10.1. The number of aromatic nitrogens is 2. The molecule has 2 aromatic rings. The third kappa shape index (κ3) is 2.06. The van der Waals surface area contributed by atoms with Gasteiger partial charge in [0, 0.05) is 11.1 Å². The molecule has 0 spiro atoms. The summed E-state index contributed by atoms with van der Waals surface area (Å²) >= 11 is 0. The molecule has 0 aliphatic rings. The van der Waals surface area contributed by atoms with Crippen LogP contribution in [0.5, 0.6) is 0 Å². The van der Waals surface area contributed by atoms with Crippen LogP contribution in [-0.2, 0) is 4.84 Å². The maximum Gasteiger partial charge on any atom is 0.274 e. The first-order valence-electron chi connectivity index (χ1n) is 4.51. The number of hydroxylamine groups is 1. The predicted octanol–water partition coefficient (Wildman–Crippen LogP) is 1.03. The molecule has 16 heavy (non-hydrogen) atoms. The van der Waals surface area contributed by atoms with Crippen LogP contribution in [0.2, 0.25) is 0 Å². The van der Waals surface area contributed by atoms with Gasteiger partial charge in [0.15, 0.2) is 0 Å².